The number of rotatable bonds is 13. The largest absolute Gasteiger partial charge is 4.00 e. The van der Waals surface area contributed by atoms with Crippen molar-refractivity contribution in [3.8, 4) is 0 Å². The van der Waals surface area contributed by atoms with Crippen molar-refractivity contribution in [2.75, 3.05) is 0 Å². The summed E-state index contributed by atoms with van der Waals surface area (Å²) >= 11 is 0. The number of carbonyl (C=O) groups is 1. The molecule has 0 saturated carbocycles. The molecule has 5 heteroatoms. The Hall–Kier alpha value is 0.104. The molecule has 0 unspecified atom stereocenters. The third-order valence-corrected chi connectivity index (χ3v) is 3.35. The van der Waals surface area contributed by atoms with Crippen LogP contribution in [-0.2, 0) is 42.2 Å². The molecule has 0 aromatic heterocycles. The standard InChI is InChI=1S/C17H34O2.2O.Ti/c1-4-5-6-7-8-9-10-11-12-13-14-15-17(18)19-16(2)3;;;/h16H,4-15H2,1-3H3;;;/q;2*-2;+4. The van der Waals surface area contributed by atoms with Crippen molar-refractivity contribution in [2.24, 2.45) is 0 Å². The van der Waals surface area contributed by atoms with Gasteiger partial charge in [0.05, 0.1) is 6.10 Å². The first-order valence-corrected chi connectivity index (χ1v) is 8.36. The molecule has 4 nitrogen and oxygen atoms in total. The van der Waals surface area contributed by atoms with Crippen LogP contribution in [0, 0.1) is 0 Å². The second kappa shape index (κ2) is 23.4. The fourth-order valence-electron chi connectivity index (χ4n) is 2.26. The molecule has 0 aromatic rings. The summed E-state index contributed by atoms with van der Waals surface area (Å²) in [7, 11) is 0. The predicted molar refractivity (Wildman–Crippen MR) is 83.7 cm³/mol. The second-order valence-electron chi connectivity index (χ2n) is 5.82. The number of hydrogen-bond donors (Lipinski definition) is 0. The Morgan fingerprint density at radius 1 is 0.773 bits per heavy atom. The minimum atomic E-state index is -0.0362. The molecule has 0 amide bonds. The topological polar surface area (TPSA) is 83.3 Å². The molecule has 130 valence electrons. The molecule has 0 spiro atoms. The monoisotopic (exact) mass is 350 g/mol. The quantitative estimate of drug-likeness (QED) is 0.253. The van der Waals surface area contributed by atoms with Crippen LogP contribution >= 0.6 is 0 Å². The van der Waals surface area contributed by atoms with Crippen LogP contribution in [0.3, 0.4) is 0 Å². The minimum absolute atomic E-state index is 0. The average molecular weight is 350 g/mol. The van der Waals surface area contributed by atoms with Crippen LogP contribution in [0.2, 0.25) is 0 Å². The van der Waals surface area contributed by atoms with Gasteiger partial charge in [-0.05, 0) is 20.3 Å². The summed E-state index contributed by atoms with van der Waals surface area (Å²) in [6.45, 7) is 6.06. The van der Waals surface area contributed by atoms with Gasteiger partial charge in [-0.25, -0.2) is 0 Å². The van der Waals surface area contributed by atoms with E-state index >= 15 is 0 Å². The van der Waals surface area contributed by atoms with Crippen LogP contribution in [0.4, 0.5) is 0 Å². The molecular weight excluding hydrogens is 316 g/mol. The van der Waals surface area contributed by atoms with Gasteiger partial charge in [-0.15, -0.1) is 0 Å². The van der Waals surface area contributed by atoms with Crippen LogP contribution in [0.5, 0.6) is 0 Å². The molecule has 0 fully saturated rings. The smallest absolute Gasteiger partial charge is 2.00 e. The molecule has 0 aliphatic carbocycles. The zero-order chi connectivity index (χ0) is 14.3. The Bertz CT molecular complexity index is 211. The first kappa shape index (κ1) is 30.0. The molecular formula is C17H34O4Ti. The number of ether oxygens (including phenoxy) is 1. The molecule has 22 heavy (non-hydrogen) atoms. The van der Waals surface area contributed by atoms with Gasteiger partial charge in [0.2, 0.25) is 0 Å². The zero-order valence-electron chi connectivity index (χ0n) is 14.7. The van der Waals surface area contributed by atoms with Crippen molar-refractivity contribution in [2.45, 2.75) is 104 Å². The Morgan fingerprint density at radius 2 is 1.14 bits per heavy atom. The normalized spacial score (nSPS) is 9.45. The van der Waals surface area contributed by atoms with E-state index in [2.05, 4.69) is 6.92 Å². The van der Waals surface area contributed by atoms with Crippen molar-refractivity contribution in [1.82, 2.24) is 0 Å². The zero-order valence-corrected chi connectivity index (χ0v) is 16.3. The molecule has 0 saturated heterocycles. The molecule has 0 atom stereocenters. The number of carbonyl (C=O) groups excluding carboxylic acids is 1. The SMILES string of the molecule is CCCCCCCCCCCCCC(=O)OC(C)C.[O-2].[O-2].[Ti+4]. The third-order valence-electron chi connectivity index (χ3n) is 3.35. The fraction of sp³-hybridized carbons (Fsp3) is 0.941. The Balaban J connectivity index is -0.000000540. The number of hydrogen-bond acceptors (Lipinski definition) is 2. The summed E-state index contributed by atoms with van der Waals surface area (Å²) in [5.74, 6) is -0.0362. The first-order valence-electron chi connectivity index (χ1n) is 8.36. The summed E-state index contributed by atoms with van der Waals surface area (Å²) in [6.07, 6.45) is 15.1. The van der Waals surface area contributed by atoms with Gasteiger partial charge in [0.25, 0.3) is 0 Å². The van der Waals surface area contributed by atoms with Gasteiger partial charge < -0.3 is 15.7 Å². The van der Waals surface area contributed by atoms with Crippen LogP contribution in [0.1, 0.15) is 97.8 Å². The van der Waals surface area contributed by atoms with Crippen LogP contribution < -0.4 is 0 Å². The van der Waals surface area contributed by atoms with Gasteiger partial charge in [0.15, 0.2) is 0 Å². The summed E-state index contributed by atoms with van der Waals surface area (Å²) < 4.78 is 5.10. The Morgan fingerprint density at radius 3 is 1.50 bits per heavy atom. The van der Waals surface area contributed by atoms with E-state index in [-0.39, 0.29) is 44.7 Å². The third kappa shape index (κ3) is 25.1. The minimum Gasteiger partial charge on any atom is -2.00 e. The van der Waals surface area contributed by atoms with E-state index in [4.69, 9.17) is 4.74 Å². The van der Waals surface area contributed by atoms with Gasteiger partial charge in [-0.2, -0.15) is 0 Å². The van der Waals surface area contributed by atoms with Gasteiger partial charge in [0, 0.05) is 6.42 Å². The summed E-state index contributed by atoms with van der Waals surface area (Å²) in [4.78, 5) is 11.3. The second-order valence-corrected chi connectivity index (χ2v) is 5.82. The predicted octanol–water partition coefficient (Wildman–Crippen LogP) is 5.40. The molecule has 0 bridgehead atoms. The van der Waals surface area contributed by atoms with Gasteiger partial charge >= 0.3 is 27.7 Å². The van der Waals surface area contributed by atoms with E-state index in [1.165, 1.54) is 64.2 Å². The van der Waals surface area contributed by atoms with E-state index < -0.39 is 0 Å². The van der Waals surface area contributed by atoms with Crippen molar-refractivity contribution in [1.29, 1.82) is 0 Å². The molecule has 0 heterocycles. The van der Waals surface area contributed by atoms with Crippen molar-refractivity contribution < 1.29 is 42.2 Å². The molecule has 0 aliphatic rings. The van der Waals surface area contributed by atoms with E-state index in [1.807, 2.05) is 13.8 Å². The van der Waals surface area contributed by atoms with Crippen LogP contribution in [0.25, 0.3) is 0 Å². The van der Waals surface area contributed by atoms with Crippen LogP contribution in [0.15, 0.2) is 0 Å². The Labute approximate surface area is 152 Å². The number of unbranched alkanes of at least 4 members (excludes halogenated alkanes) is 10. The van der Waals surface area contributed by atoms with Crippen molar-refractivity contribution in [3.63, 3.8) is 0 Å². The molecule has 0 aromatic carbocycles. The maximum atomic E-state index is 11.3. The van der Waals surface area contributed by atoms with E-state index in [0.29, 0.717) is 6.42 Å². The summed E-state index contributed by atoms with van der Waals surface area (Å²) in [5.41, 5.74) is 0. The van der Waals surface area contributed by atoms with Crippen LogP contribution in [-0.4, -0.2) is 12.1 Å². The van der Waals surface area contributed by atoms with Crippen molar-refractivity contribution in [3.05, 3.63) is 0 Å². The summed E-state index contributed by atoms with van der Waals surface area (Å²) in [6, 6.07) is 0. The molecule has 0 aliphatic heterocycles. The maximum Gasteiger partial charge on any atom is 4.00 e. The van der Waals surface area contributed by atoms with E-state index in [1.54, 1.807) is 0 Å². The van der Waals surface area contributed by atoms with Gasteiger partial charge in [-0.3, -0.25) is 4.79 Å². The van der Waals surface area contributed by atoms with E-state index in [9.17, 15) is 4.79 Å². The van der Waals surface area contributed by atoms with Gasteiger partial charge in [-0.1, -0.05) is 71.1 Å². The number of esters is 1. The molecule has 0 radical (unpaired) electrons. The molecule has 0 N–H and O–H groups in total. The molecule has 0 rings (SSSR count). The first-order chi connectivity index (χ1) is 9.16. The van der Waals surface area contributed by atoms with E-state index in [0.717, 1.165) is 6.42 Å². The van der Waals surface area contributed by atoms with Gasteiger partial charge in [0.1, 0.15) is 0 Å². The Kier molecular flexibility index (Phi) is 31.9. The summed E-state index contributed by atoms with van der Waals surface area (Å²) in [5, 5.41) is 0. The average Bonchev–Trinajstić information content (AvgIpc) is 2.35. The fourth-order valence-corrected chi connectivity index (χ4v) is 2.26. The maximum absolute atomic E-state index is 11.3. The van der Waals surface area contributed by atoms with Crippen molar-refractivity contribution >= 4 is 5.97 Å².